The Labute approximate surface area is 138 Å². The van der Waals surface area contributed by atoms with Gasteiger partial charge >= 0.3 is 0 Å². The lowest BCUT2D eigenvalue weighted by Gasteiger charge is -2.20. The van der Waals surface area contributed by atoms with Crippen LogP contribution >= 0.6 is 0 Å². The van der Waals surface area contributed by atoms with Crippen molar-refractivity contribution < 1.29 is 9.50 Å². The number of anilines is 1. The molecule has 2 aromatic carbocycles. The Balaban J connectivity index is 1.94. The maximum Gasteiger partial charge on any atom is 0.165 e. The molecule has 0 aliphatic carbocycles. The lowest BCUT2D eigenvalue weighted by atomic mass is 10.1. The largest absolute Gasteiger partial charge is 0.507 e. The van der Waals surface area contributed by atoms with Crippen molar-refractivity contribution in [2.45, 2.75) is 12.5 Å². The van der Waals surface area contributed by atoms with Crippen LogP contribution in [0.15, 0.2) is 42.5 Å². The molecule has 122 valence electrons. The predicted molar refractivity (Wildman–Crippen MR) is 91.4 cm³/mol. The lowest BCUT2D eigenvalue weighted by Crippen LogP contribution is -2.27. The van der Waals surface area contributed by atoms with Gasteiger partial charge in [0, 0.05) is 24.5 Å². The van der Waals surface area contributed by atoms with E-state index in [1.807, 2.05) is 6.07 Å². The molecule has 1 fully saturated rings. The molecule has 6 heteroatoms. The molecule has 0 saturated carbocycles. The van der Waals surface area contributed by atoms with E-state index in [0.29, 0.717) is 34.7 Å². The quantitative estimate of drug-likeness (QED) is 0.758. The fraction of sp³-hybridized carbons (Fsp3) is 0.222. The molecule has 0 radical (unpaired) electrons. The molecule has 2 heterocycles. The highest BCUT2D eigenvalue weighted by Gasteiger charge is 2.24. The van der Waals surface area contributed by atoms with E-state index < -0.39 is 0 Å². The highest BCUT2D eigenvalue weighted by atomic mass is 19.1. The fourth-order valence-corrected chi connectivity index (χ4v) is 3.09. The van der Waals surface area contributed by atoms with Crippen LogP contribution in [-0.2, 0) is 0 Å². The highest BCUT2D eigenvalue weighted by Crippen LogP contribution is 2.32. The van der Waals surface area contributed by atoms with Crippen molar-refractivity contribution in [3.63, 3.8) is 0 Å². The standard InChI is InChI=1S/C18H17FN4O/c19-11-5-6-15-14(9-11)18(23-8-7-12(20)10-23)22-17(21-15)13-3-1-2-4-16(13)24/h1-6,9,12,24H,7-8,10,20H2/t12-/m1/s1. The van der Waals surface area contributed by atoms with Gasteiger partial charge in [0.15, 0.2) is 5.82 Å². The Morgan fingerprint density at radius 2 is 2.00 bits per heavy atom. The van der Waals surface area contributed by atoms with Crippen molar-refractivity contribution in [2.75, 3.05) is 18.0 Å². The predicted octanol–water partition coefficient (Wildman–Crippen LogP) is 2.68. The van der Waals surface area contributed by atoms with Gasteiger partial charge in [-0.2, -0.15) is 0 Å². The number of rotatable bonds is 2. The van der Waals surface area contributed by atoms with Crippen molar-refractivity contribution in [3.8, 4) is 17.1 Å². The first-order valence-corrected chi connectivity index (χ1v) is 7.88. The van der Waals surface area contributed by atoms with Gasteiger partial charge in [0.25, 0.3) is 0 Å². The number of nitrogens with two attached hydrogens (primary N) is 1. The van der Waals surface area contributed by atoms with Crippen LogP contribution in [0.1, 0.15) is 6.42 Å². The second-order valence-electron chi connectivity index (χ2n) is 6.04. The zero-order valence-corrected chi connectivity index (χ0v) is 13.0. The Hall–Kier alpha value is -2.73. The van der Waals surface area contributed by atoms with Gasteiger partial charge in [-0.05, 0) is 36.8 Å². The van der Waals surface area contributed by atoms with Crippen LogP contribution in [-0.4, -0.2) is 34.2 Å². The summed E-state index contributed by atoms with van der Waals surface area (Å²) in [7, 11) is 0. The van der Waals surface area contributed by atoms with Gasteiger partial charge in [-0.1, -0.05) is 12.1 Å². The topological polar surface area (TPSA) is 75.3 Å². The molecule has 4 rings (SSSR count). The molecular formula is C18H17FN4O. The first kappa shape index (κ1) is 14.8. The average molecular weight is 324 g/mol. The van der Waals surface area contributed by atoms with Crippen LogP contribution in [0.2, 0.25) is 0 Å². The van der Waals surface area contributed by atoms with Crippen LogP contribution in [0.25, 0.3) is 22.3 Å². The number of hydrogen-bond acceptors (Lipinski definition) is 5. The lowest BCUT2D eigenvalue weighted by molar-refractivity contribution is 0.477. The Morgan fingerprint density at radius 3 is 2.75 bits per heavy atom. The van der Waals surface area contributed by atoms with Crippen molar-refractivity contribution in [1.82, 2.24) is 9.97 Å². The third-order valence-corrected chi connectivity index (χ3v) is 4.31. The summed E-state index contributed by atoms with van der Waals surface area (Å²) in [5.41, 5.74) is 7.20. The number of para-hydroxylation sites is 1. The first-order chi connectivity index (χ1) is 11.6. The van der Waals surface area contributed by atoms with Crippen LogP contribution in [0.4, 0.5) is 10.2 Å². The van der Waals surface area contributed by atoms with E-state index in [4.69, 9.17) is 5.73 Å². The molecular weight excluding hydrogens is 307 g/mol. The normalized spacial score (nSPS) is 17.6. The van der Waals surface area contributed by atoms with Crippen molar-refractivity contribution >= 4 is 16.7 Å². The minimum atomic E-state index is -0.328. The molecule has 0 unspecified atom stereocenters. The number of aromatic hydroxyl groups is 1. The number of phenolic OH excluding ortho intramolecular Hbond substituents is 1. The summed E-state index contributed by atoms with van der Waals surface area (Å²) in [5, 5.41) is 10.8. The van der Waals surface area contributed by atoms with Gasteiger partial charge < -0.3 is 15.7 Å². The molecule has 1 saturated heterocycles. The number of hydrogen-bond donors (Lipinski definition) is 2. The minimum Gasteiger partial charge on any atom is -0.507 e. The molecule has 0 amide bonds. The first-order valence-electron chi connectivity index (χ1n) is 7.88. The molecule has 0 spiro atoms. The van der Waals surface area contributed by atoms with E-state index in [1.165, 1.54) is 12.1 Å². The average Bonchev–Trinajstić information content (AvgIpc) is 3.01. The van der Waals surface area contributed by atoms with E-state index in [0.717, 1.165) is 13.0 Å². The van der Waals surface area contributed by atoms with Crippen molar-refractivity contribution in [2.24, 2.45) is 5.73 Å². The third kappa shape index (κ3) is 2.55. The Kier molecular flexibility index (Phi) is 3.54. The minimum absolute atomic E-state index is 0.0807. The van der Waals surface area contributed by atoms with Gasteiger partial charge in [0.2, 0.25) is 0 Å². The fourth-order valence-electron chi connectivity index (χ4n) is 3.09. The van der Waals surface area contributed by atoms with Gasteiger partial charge in [-0.25, -0.2) is 14.4 Å². The van der Waals surface area contributed by atoms with E-state index in [1.54, 1.807) is 24.3 Å². The second kappa shape index (κ2) is 5.72. The summed E-state index contributed by atoms with van der Waals surface area (Å²) in [6.07, 6.45) is 0.868. The molecule has 3 N–H and O–H groups in total. The van der Waals surface area contributed by atoms with E-state index in [-0.39, 0.29) is 17.6 Å². The zero-order valence-electron chi connectivity index (χ0n) is 13.0. The number of aromatic nitrogens is 2. The maximum absolute atomic E-state index is 13.7. The molecule has 24 heavy (non-hydrogen) atoms. The Bertz CT molecular complexity index is 915. The van der Waals surface area contributed by atoms with Crippen LogP contribution in [0.5, 0.6) is 5.75 Å². The van der Waals surface area contributed by atoms with E-state index in [9.17, 15) is 9.50 Å². The SMILES string of the molecule is N[C@@H]1CCN(c2nc(-c3ccccc3O)nc3ccc(F)cc23)C1. The Morgan fingerprint density at radius 1 is 1.17 bits per heavy atom. The molecule has 1 aliphatic heterocycles. The highest BCUT2D eigenvalue weighted by molar-refractivity contribution is 5.91. The molecule has 0 bridgehead atoms. The zero-order chi connectivity index (χ0) is 16.7. The number of benzene rings is 2. The van der Waals surface area contributed by atoms with E-state index in [2.05, 4.69) is 14.9 Å². The molecule has 1 aromatic heterocycles. The summed E-state index contributed by atoms with van der Waals surface area (Å²) in [5.74, 6) is 0.863. The van der Waals surface area contributed by atoms with Gasteiger partial charge in [-0.15, -0.1) is 0 Å². The second-order valence-corrected chi connectivity index (χ2v) is 6.04. The maximum atomic E-state index is 13.7. The van der Waals surface area contributed by atoms with Gasteiger partial charge in [0.1, 0.15) is 17.4 Å². The van der Waals surface area contributed by atoms with Gasteiger partial charge in [-0.3, -0.25) is 0 Å². The monoisotopic (exact) mass is 324 g/mol. The summed E-state index contributed by atoms with van der Waals surface area (Å²) in [6, 6.07) is 11.5. The third-order valence-electron chi connectivity index (χ3n) is 4.31. The summed E-state index contributed by atoms with van der Waals surface area (Å²) >= 11 is 0. The number of phenols is 1. The molecule has 1 atom stereocenters. The molecule has 1 aliphatic rings. The summed E-state index contributed by atoms with van der Waals surface area (Å²) < 4.78 is 13.7. The number of nitrogens with zero attached hydrogens (tertiary/aromatic N) is 3. The van der Waals surface area contributed by atoms with Crippen LogP contribution in [0.3, 0.4) is 0 Å². The molecule has 3 aromatic rings. The summed E-state index contributed by atoms with van der Waals surface area (Å²) in [4.78, 5) is 11.2. The van der Waals surface area contributed by atoms with Crippen LogP contribution < -0.4 is 10.6 Å². The smallest absolute Gasteiger partial charge is 0.165 e. The van der Waals surface area contributed by atoms with E-state index >= 15 is 0 Å². The van der Waals surface area contributed by atoms with Gasteiger partial charge in [0.05, 0.1) is 11.1 Å². The number of halogens is 1. The van der Waals surface area contributed by atoms with Crippen molar-refractivity contribution in [3.05, 3.63) is 48.3 Å². The summed E-state index contributed by atoms with van der Waals surface area (Å²) in [6.45, 7) is 1.44. The van der Waals surface area contributed by atoms with Crippen LogP contribution in [0, 0.1) is 5.82 Å². The number of fused-ring (bicyclic) bond motifs is 1. The molecule has 5 nitrogen and oxygen atoms in total. The van der Waals surface area contributed by atoms with Crippen molar-refractivity contribution in [1.29, 1.82) is 0 Å².